The number of rotatable bonds is 2. The highest BCUT2D eigenvalue weighted by Crippen LogP contribution is 2.26. The standard InChI is InChI=1S/C16H23N3O/c1-18-10-11-19(16(20)14-8-5-9-17-14)15(12-18)13-6-3-2-4-7-13/h2-4,6-7,14-15,17H,5,8-12H2,1H3/t14-,15?/m1/s1. The Kier molecular flexibility index (Phi) is 4.03. The third kappa shape index (κ3) is 2.72. The van der Waals surface area contributed by atoms with Gasteiger partial charge in [0.2, 0.25) is 5.91 Å². The summed E-state index contributed by atoms with van der Waals surface area (Å²) >= 11 is 0. The summed E-state index contributed by atoms with van der Waals surface area (Å²) in [6.45, 7) is 3.68. The summed E-state index contributed by atoms with van der Waals surface area (Å²) in [5.41, 5.74) is 1.24. The van der Waals surface area contributed by atoms with Crippen molar-refractivity contribution < 1.29 is 4.79 Å². The minimum atomic E-state index is 0.0321. The van der Waals surface area contributed by atoms with Crippen LogP contribution in [0.25, 0.3) is 0 Å². The molecule has 3 rings (SSSR count). The molecule has 4 heteroatoms. The highest BCUT2D eigenvalue weighted by Gasteiger charge is 2.34. The van der Waals surface area contributed by atoms with Crippen molar-refractivity contribution in [2.45, 2.75) is 24.9 Å². The van der Waals surface area contributed by atoms with Gasteiger partial charge in [0, 0.05) is 19.6 Å². The maximum atomic E-state index is 12.7. The Morgan fingerprint density at radius 3 is 2.75 bits per heavy atom. The van der Waals surface area contributed by atoms with Crippen LogP contribution in [0.1, 0.15) is 24.4 Å². The number of piperazine rings is 1. The van der Waals surface area contributed by atoms with E-state index in [-0.39, 0.29) is 18.0 Å². The fourth-order valence-electron chi connectivity index (χ4n) is 3.24. The largest absolute Gasteiger partial charge is 0.332 e. The molecular weight excluding hydrogens is 250 g/mol. The molecule has 2 aliphatic heterocycles. The van der Waals surface area contributed by atoms with Crippen LogP contribution in [0, 0.1) is 0 Å². The van der Waals surface area contributed by atoms with E-state index in [4.69, 9.17) is 0 Å². The zero-order valence-electron chi connectivity index (χ0n) is 12.1. The van der Waals surface area contributed by atoms with Gasteiger partial charge in [-0.3, -0.25) is 4.79 Å². The highest BCUT2D eigenvalue weighted by molar-refractivity contribution is 5.82. The smallest absolute Gasteiger partial charge is 0.240 e. The van der Waals surface area contributed by atoms with E-state index in [0.29, 0.717) is 0 Å². The van der Waals surface area contributed by atoms with E-state index in [1.165, 1.54) is 5.56 Å². The van der Waals surface area contributed by atoms with Gasteiger partial charge in [-0.2, -0.15) is 0 Å². The number of likely N-dealkylation sites (N-methyl/N-ethyl adjacent to an activating group) is 1. The first-order valence-corrected chi connectivity index (χ1v) is 7.53. The molecule has 1 aromatic rings. The van der Waals surface area contributed by atoms with Crippen LogP contribution in [0.2, 0.25) is 0 Å². The Morgan fingerprint density at radius 1 is 1.25 bits per heavy atom. The van der Waals surface area contributed by atoms with Gasteiger partial charge in [0.25, 0.3) is 0 Å². The molecule has 108 valence electrons. The Morgan fingerprint density at radius 2 is 2.05 bits per heavy atom. The lowest BCUT2D eigenvalue weighted by atomic mass is 10.0. The lowest BCUT2D eigenvalue weighted by Gasteiger charge is -2.41. The van der Waals surface area contributed by atoms with Crippen LogP contribution in [0.5, 0.6) is 0 Å². The van der Waals surface area contributed by atoms with E-state index in [1.54, 1.807) is 0 Å². The molecule has 2 aliphatic rings. The number of carbonyl (C=O) groups is 1. The minimum Gasteiger partial charge on any atom is -0.332 e. The van der Waals surface area contributed by atoms with Gasteiger partial charge < -0.3 is 15.1 Å². The van der Waals surface area contributed by atoms with Crippen LogP contribution in [0.4, 0.5) is 0 Å². The SMILES string of the molecule is CN1CCN(C(=O)[C@H]2CCCN2)C(c2ccccc2)C1. The highest BCUT2D eigenvalue weighted by atomic mass is 16.2. The molecule has 2 saturated heterocycles. The molecule has 0 radical (unpaired) electrons. The van der Waals surface area contributed by atoms with E-state index in [1.807, 2.05) is 6.07 Å². The third-order valence-corrected chi connectivity index (χ3v) is 4.41. The van der Waals surface area contributed by atoms with Gasteiger partial charge >= 0.3 is 0 Å². The van der Waals surface area contributed by atoms with Crippen molar-refractivity contribution in [2.75, 3.05) is 33.2 Å². The van der Waals surface area contributed by atoms with E-state index in [2.05, 4.69) is 46.4 Å². The summed E-state index contributed by atoms with van der Waals surface area (Å²) in [6, 6.07) is 10.6. The predicted octanol–water partition coefficient (Wildman–Crippen LogP) is 1.25. The van der Waals surface area contributed by atoms with Gasteiger partial charge in [0.1, 0.15) is 0 Å². The molecule has 2 atom stereocenters. The maximum absolute atomic E-state index is 12.7. The first-order valence-electron chi connectivity index (χ1n) is 7.53. The molecule has 4 nitrogen and oxygen atoms in total. The van der Waals surface area contributed by atoms with Gasteiger partial charge in [-0.25, -0.2) is 0 Å². The van der Waals surface area contributed by atoms with Crippen molar-refractivity contribution in [2.24, 2.45) is 0 Å². The molecule has 2 heterocycles. The lowest BCUT2D eigenvalue weighted by Crippen LogP contribution is -2.53. The summed E-state index contributed by atoms with van der Waals surface area (Å²) in [6.07, 6.45) is 2.09. The van der Waals surface area contributed by atoms with Crippen molar-refractivity contribution in [1.82, 2.24) is 15.1 Å². The lowest BCUT2D eigenvalue weighted by molar-refractivity contribution is -0.138. The van der Waals surface area contributed by atoms with E-state index >= 15 is 0 Å². The molecule has 0 spiro atoms. The molecule has 0 bridgehead atoms. The molecule has 0 aliphatic carbocycles. The van der Waals surface area contributed by atoms with Crippen molar-refractivity contribution in [3.05, 3.63) is 35.9 Å². The van der Waals surface area contributed by atoms with E-state index < -0.39 is 0 Å². The van der Waals surface area contributed by atoms with Crippen LogP contribution in [-0.2, 0) is 4.79 Å². The molecule has 1 N–H and O–H groups in total. The molecule has 1 amide bonds. The van der Waals surface area contributed by atoms with E-state index in [9.17, 15) is 4.79 Å². The minimum absolute atomic E-state index is 0.0321. The number of hydrogen-bond acceptors (Lipinski definition) is 3. The average molecular weight is 273 g/mol. The average Bonchev–Trinajstić information content (AvgIpc) is 3.02. The van der Waals surface area contributed by atoms with Crippen LogP contribution in [0.15, 0.2) is 30.3 Å². The fourth-order valence-corrected chi connectivity index (χ4v) is 3.24. The molecule has 20 heavy (non-hydrogen) atoms. The Bertz CT molecular complexity index is 456. The first kappa shape index (κ1) is 13.6. The molecule has 1 unspecified atom stereocenters. The van der Waals surface area contributed by atoms with E-state index in [0.717, 1.165) is 39.0 Å². The quantitative estimate of drug-likeness (QED) is 0.881. The second-order valence-electron chi connectivity index (χ2n) is 5.87. The summed E-state index contributed by atoms with van der Waals surface area (Å²) in [7, 11) is 2.13. The van der Waals surface area contributed by atoms with Gasteiger partial charge in [-0.05, 0) is 32.0 Å². The molecule has 1 aromatic carbocycles. The number of nitrogens with one attached hydrogen (secondary N) is 1. The number of carbonyl (C=O) groups excluding carboxylic acids is 1. The van der Waals surface area contributed by atoms with Gasteiger partial charge in [-0.1, -0.05) is 30.3 Å². The van der Waals surface area contributed by atoms with Gasteiger partial charge in [-0.15, -0.1) is 0 Å². The molecule has 0 saturated carbocycles. The third-order valence-electron chi connectivity index (χ3n) is 4.41. The van der Waals surface area contributed by atoms with Crippen LogP contribution < -0.4 is 5.32 Å². The monoisotopic (exact) mass is 273 g/mol. The first-order chi connectivity index (χ1) is 9.75. The zero-order valence-corrected chi connectivity index (χ0v) is 12.1. The van der Waals surface area contributed by atoms with Crippen LogP contribution in [0.3, 0.4) is 0 Å². The summed E-state index contributed by atoms with van der Waals surface area (Å²) < 4.78 is 0. The predicted molar refractivity (Wildman–Crippen MR) is 79.4 cm³/mol. The number of benzene rings is 1. The van der Waals surface area contributed by atoms with Crippen molar-refractivity contribution >= 4 is 5.91 Å². The Hall–Kier alpha value is -1.39. The second kappa shape index (κ2) is 5.94. The van der Waals surface area contributed by atoms with Gasteiger partial charge in [0.15, 0.2) is 0 Å². The van der Waals surface area contributed by atoms with Crippen LogP contribution >= 0.6 is 0 Å². The summed E-state index contributed by atoms with van der Waals surface area (Å²) in [5, 5.41) is 3.33. The summed E-state index contributed by atoms with van der Waals surface area (Å²) in [5.74, 6) is 0.282. The van der Waals surface area contributed by atoms with Crippen LogP contribution in [-0.4, -0.2) is 55.0 Å². The molecule has 2 fully saturated rings. The second-order valence-corrected chi connectivity index (χ2v) is 5.87. The molecular formula is C16H23N3O. The topological polar surface area (TPSA) is 35.6 Å². The number of amides is 1. The maximum Gasteiger partial charge on any atom is 0.240 e. The Labute approximate surface area is 120 Å². The molecule has 0 aromatic heterocycles. The van der Waals surface area contributed by atoms with Crippen molar-refractivity contribution in [3.63, 3.8) is 0 Å². The summed E-state index contributed by atoms with van der Waals surface area (Å²) in [4.78, 5) is 17.1. The Balaban J connectivity index is 1.81. The van der Waals surface area contributed by atoms with Crippen molar-refractivity contribution in [3.8, 4) is 0 Å². The fraction of sp³-hybridized carbons (Fsp3) is 0.562. The van der Waals surface area contributed by atoms with Gasteiger partial charge in [0.05, 0.1) is 12.1 Å². The van der Waals surface area contributed by atoms with Crippen molar-refractivity contribution in [1.29, 1.82) is 0 Å². The number of hydrogen-bond donors (Lipinski definition) is 1. The number of nitrogens with zero attached hydrogens (tertiary/aromatic N) is 2. The zero-order chi connectivity index (χ0) is 13.9. The normalized spacial score (nSPS) is 27.8.